The zero-order chi connectivity index (χ0) is 14.5. The highest BCUT2D eigenvalue weighted by molar-refractivity contribution is 6.25. The molecule has 0 saturated carbocycles. The fourth-order valence-electron chi connectivity index (χ4n) is 1.75. The number of hydrogen-bond acceptors (Lipinski definition) is 3. The number of nitrogens with one attached hydrogen (secondary N) is 3. The molecule has 108 valence electrons. The van der Waals surface area contributed by atoms with Crippen LogP contribution in [0, 0.1) is 0 Å². The van der Waals surface area contributed by atoms with Crippen molar-refractivity contribution < 1.29 is 0 Å². The molecule has 0 radical (unpaired) electrons. The van der Waals surface area contributed by atoms with Crippen molar-refractivity contribution in [1.29, 1.82) is 0 Å². The summed E-state index contributed by atoms with van der Waals surface area (Å²) in [5, 5.41) is 9.35. The number of rotatable bonds is 4. The fraction of sp³-hybridized carbons (Fsp3) is 0.357. The normalized spacial score (nSPS) is 31.9. The third-order valence-electron chi connectivity index (χ3n) is 2.93. The van der Waals surface area contributed by atoms with Gasteiger partial charge in [-0.1, -0.05) is 35.4 Å². The number of hydrogen-bond donors (Lipinski definition) is 3. The van der Waals surface area contributed by atoms with Crippen LogP contribution in [-0.2, 0) is 0 Å². The van der Waals surface area contributed by atoms with E-state index in [9.17, 15) is 0 Å². The Balaban J connectivity index is 1.82. The van der Waals surface area contributed by atoms with Crippen LogP contribution in [0.2, 0.25) is 0 Å². The van der Waals surface area contributed by atoms with Gasteiger partial charge in [-0.2, -0.15) is 0 Å². The summed E-state index contributed by atoms with van der Waals surface area (Å²) in [5.74, 6) is 0.791. The van der Waals surface area contributed by atoms with Gasteiger partial charge >= 0.3 is 0 Å². The Kier molecular flexibility index (Phi) is 4.78. The lowest BCUT2D eigenvalue weighted by Crippen LogP contribution is -2.46. The minimum atomic E-state index is -0.651. The monoisotopic (exact) mass is 312 g/mol. The highest BCUT2D eigenvalue weighted by Crippen LogP contribution is 2.17. The molecular formula is C14H18Cl2N4. The van der Waals surface area contributed by atoms with Crippen molar-refractivity contribution in [3.63, 3.8) is 0 Å². The second-order valence-corrected chi connectivity index (χ2v) is 6.05. The van der Waals surface area contributed by atoms with Crippen LogP contribution < -0.4 is 16.0 Å². The summed E-state index contributed by atoms with van der Waals surface area (Å²) in [6.45, 7) is 2.86. The van der Waals surface area contributed by atoms with Gasteiger partial charge in [0.2, 0.25) is 0 Å². The molecule has 2 aliphatic heterocycles. The maximum atomic E-state index is 6.37. The number of dihydropyridines is 2. The smallest absolute Gasteiger partial charge is 0.151 e. The summed E-state index contributed by atoms with van der Waals surface area (Å²) in [4.78, 5) is 3.17. The van der Waals surface area contributed by atoms with Gasteiger partial charge in [-0.05, 0) is 43.6 Å². The van der Waals surface area contributed by atoms with E-state index in [4.69, 9.17) is 23.2 Å². The van der Waals surface area contributed by atoms with E-state index in [0.29, 0.717) is 13.1 Å². The summed E-state index contributed by atoms with van der Waals surface area (Å²) in [7, 11) is 0. The van der Waals surface area contributed by atoms with Crippen molar-refractivity contribution >= 4 is 29.0 Å². The molecule has 2 unspecified atom stereocenters. The summed E-state index contributed by atoms with van der Waals surface area (Å²) in [6.07, 6.45) is 15.0. The number of alkyl halides is 2. The standard InChI is InChI=1S/C14H18Cl2N4/c1-12(17-10-13(15)6-2-4-8-19-13)18-11-14(16)7-3-5-9-20-14/h2-9,19-20H,10-11H2,1H3,(H,17,18). The van der Waals surface area contributed by atoms with Crippen molar-refractivity contribution in [1.82, 2.24) is 16.0 Å². The lowest BCUT2D eigenvalue weighted by Gasteiger charge is -2.27. The Labute approximate surface area is 129 Å². The minimum Gasteiger partial charge on any atom is -0.370 e. The zero-order valence-corrected chi connectivity index (χ0v) is 12.7. The third-order valence-corrected chi connectivity index (χ3v) is 3.65. The van der Waals surface area contributed by atoms with Crippen molar-refractivity contribution in [2.75, 3.05) is 13.1 Å². The van der Waals surface area contributed by atoms with E-state index in [1.807, 2.05) is 55.8 Å². The number of halogens is 2. The Morgan fingerprint density at radius 1 is 1.05 bits per heavy atom. The Morgan fingerprint density at radius 2 is 1.65 bits per heavy atom. The van der Waals surface area contributed by atoms with Gasteiger partial charge in [-0.15, -0.1) is 0 Å². The van der Waals surface area contributed by atoms with Crippen molar-refractivity contribution in [3.05, 3.63) is 48.9 Å². The molecular weight excluding hydrogens is 295 g/mol. The van der Waals surface area contributed by atoms with Crippen LogP contribution in [0.4, 0.5) is 0 Å². The molecule has 0 saturated heterocycles. The molecule has 2 atom stereocenters. The van der Waals surface area contributed by atoms with Gasteiger partial charge in [0, 0.05) is 0 Å². The molecule has 0 aromatic carbocycles. The first-order chi connectivity index (χ1) is 9.52. The van der Waals surface area contributed by atoms with Crippen LogP contribution in [0.3, 0.4) is 0 Å². The molecule has 2 aliphatic rings. The van der Waals surface area contributed by atoms with E-state index in [1.54, 1.807) is 0 Å². The number of nitrogens with zero attached hydrogens (tertiary/aromatic N) is 1. The first-order valence-corrected chi connectivity index (χ1v) is 7.14. The zero-order valence-electron chi connectivity index (χ0n) is 11.2. The molecule has 6 heteroatoms. The highest BCUT2D eigenvalue weighted by atomic mass is 35.5. The van der Waals surface area contributed by atoms with Crippen molar-refractivity contribution in [2.45, 2.75) is 16.9 Å². The van der Waals surface area contributed by atoms with E-state index < -0.39 is 10.00 Å². The first kappa shape index (κ1) is 15.0. The van der Waals surface area contributed by atoms with E-state index in [2.05, 4.69) is 20.9 Å². The van der Waals surface area contributed by atoms with Gasteiger partial charge in [0.05, 0.1) is 18.9 Å². The Morgan fingerprint density at radius 3 is 2.20 bits per heavy atom. The minimum absolute atomic E-state index is 0.437. The predicted molar refractivity (Wildman–Crippen MR) is 86.0 cm³/mol. The lowest BCUT2D eigenvalue weighted by atomic mass is 10.2. The fourth-order valence-corrected chi connectivity index (χ4v) is 2.15. The predicted octanol–water partition coefficient (Wildman–Crippen LogP) is 2.21. The van der Waals surface area contributed by atoms with Crippen molar-refractivity contribution in [3.8, 4) is 0 Å². The topological polar surface area (TPSA) is 48.5 Å². The Bertz CT molecular complexity index is 495. The SMILES string of the molecule is CC(=NCC1(Cl)C=CC=CN1)NCC1(Cl)C=CC=CN1. The van der Waals surface area contributed by atoms with E-state index in [-0.39, 0.29) is 0 Å². The van der Waals surface area contributed by atoms with Crippen LogP contribution in [0.5, 0.6) is 0 Å². The Hall–Kier alpha value is -1.39. The number of aliphatic imine (C=N–C) groups is 1. The molecule has 2 heterocycles. The molecule has 2 rings (SSSR count). The molecule has 0 aliphatic carbocycles. The largest absolute Gasteiger partial charge is 0.370 e. The lowest BCUT2D eigenvalue weighted by molar-refractivity contribution is 0.596. The van der Waals surface area contributed by atoms with Gasteiger partial charge in [0.25, 0.3) is 0 Å². The molecule has 0 amide bonds. The molecule has 0 spiro atoms. The van der Waals surface area contributed by atoms with Crippen LogP contribution in [0.1, 0.15) is 6.92 Å². The number of amidine groups is 1. The molecule has 20 heavy (non-hydrogen) atoms. The van der Waals surface area contributed by atoms with Gasteiger partial charge in [-0.25, -0.2) is 0 Å². The molecule has 0 bridgehead atoms. The average molecular weight is 313 g/mol. The summed E-state index contributed by atoms with van der Waals surface area (Å²) < 4.78 is 0. The van der Waals surface area contributed by atoms with E-state index >= 15 is 0 Å². The second kappa shape index (κ2) is 6.37. The van der Waals surface area contributed by atoms with Gasteiger partial charge in [0.1, 0.15) is 5.00 Å². The van der Waals surface area contributed by atoms with Gasteiger partial charge < -0.3 is 16.0 Å². The van der Waals surface area contributed by atoms with Crippen molar-refractivity contribution in [2.24, 2.45) is 4.99 Å². The second-order valence-electron chi connectivity index (χ2n) is 4.71. The summed E-state index contributed by atoms with van der Waals surface area (Å²) >= 11 is 12.7. The van der Waals surface area contributed by atoms with Gasteiger partial charge in [0.15, 0.2) is 5.00 Å². The quantitative estimate of drug-likeness (QED) is 0.323. The van der Waals surface area contributed by atoms with Gasteiger partial charge in [-0.3, -0.25) is 4.99 Å². The third kappa shape index (κ3) is 4.32. The molecule has 4 nitrogen and oxygen atoms in total. The summed E-state index contributed by atoms with van der Waals surface area (Å²) in [6, 6.07) is 0. The average Bonchev–Trinajstić information content (AvgIpc) is 2.45. The van der Waals surface area contributed by atoms with Crippen LogP contribution in [-0.4, -0.2) is 28.9 Å². The number of allylic oxidation sites excluding steroid dienone is 4. The maximum Gasteiger partial charge on any atom is 0.151 e. The maximum absolute atomic E-state index is 6.37. The van der Waals surface area contributed by atoms with E-state index in [0.717, 1.165) is 5.84 Å². The highest BCUT2D eigenvalue weighted by Gasteiger charge is 2.24. The first-order valence-electron chi connectivity index (χ1n) is 6.38. The van der Waals surface area contributed by atoms with Crippen LogP contribution in [0.15, 0.2) is 53.8 Å². The molecule has 3 N–H and O–H groups in total. The van der Waals surface area contributed by atoms with Crippen LogP contribution >= 0.6 is 23.2 Å². The van der Waals surface area contributed by atoms with Crippen LogP contribution in [0.25, 0.3) is 0 Å². The van der Waals surface area contributed by atoms with E-state index in [1.165, 1.54) is 0 Å². The molecule has 0 aromatic rings. The molecule has 0 fully saturated rings. The summed E-state index contributed by atoms with van der Waals surface area (Å²) in [5.41, 5.74) is 0. The molecule has 0 aromatic heterocycles.